The van der Waals surface area contributed by atoms with E-state index in [0.717, 1.165) is 16.7 Å². The number of amides is 2. The van der Waals surface area contributed by atoms with Gasteiger partial charge >= 0.3 is 0 Å². The van der Waals surface area contributed by atoms with E-state index >= 15 is 0 Å². The Bertz CT molecular complexity index is 1060. The Hall–Kier alpha value is -2.37. The molecule has 150 valence electrons. The van der Waals surface area contributed by atoms with Gasteiger partial charge in [0.2, 0.25) is 0 Å². The van der Waals surface area contributed by atoms with Crippen molar-refractivity contribution in [1.29, 1.82) is 0 Å². The van der Waals surface area contributed by atoms with Gasteiger partial charge < -0.3 is 9.84 Å². The van der Waals surface area contributed by atoms with Gasteiger partial charge in [0.05, 0.1) is 28.0 Å². The summed E-state index contributed by atoms with van der Waals surface area (Å²) in [5.41, 5.74) is 1.06. The second-order valence-electron chi connectivity index (χ2n) is 5.84. The van der Waals surface area contributed by atoms with Crippen LogP contribution in [0.1, 0.15) is 11.1 Å². The molecule has 1 saturated heterocycles. The summed E-state index contributed by atoms with van der Waals surface area (Å²) in [6, 6.07) is 7.19. The molecule has 2 aromatic rings. The lowest BCUT2D eigenvalue weighted by atomic mass is 10.1. The van der Waals surface area contributed by atoms with Crippen LogP contribution >= 0.6 is 43.6 Å². The van der Waals surface area contributed by atoms with Crippen molar-refractivity contribution < 1.29 is 24.4 Å². The lowest BCUT2D eigenvalue weighted by Gasteiger charge is -2.12. The summed E-state index contributed by atoms with van der Waals surface area (Å²) in [6.07, 6.45) is 1.53. The third-order valence-electron chi connectivity index (χ3n) is 4.04. The monoisotopic (exact) mass is 542 g/mol. The first-order chi connectivity index (χ1) is 13.7. The average Bonchev–Trinajstić information content (AvgIpc) is 2.96. The van der Waals surface area contributed by atoms with Gasteiger partial charge in [-0.3, -0.25) is 24.6 Å². The van der Waals surface area contributed by atoms with Gasteiger partial charge in [0, 0.05) is 16.6 Å². The molecule has 0 radical (unpaired) electrons. The Morgan fingerprint density at radius 2 is 1.90 bits per heavy atom. The fourth-order valence-electron chi connectivity index (χ4n) is 2.56. The molecule has 0 aromatic heterocycles. The molecule has 3 rings (SSSR count). The molecule has 0 spiro atoms. The van der Waals surface area contributed by atoms with E-state index in [1.165, 1.54) is 43.5 Å². The minimum Gasteiger partial charge on any atom is -0.503 e. The van der Waals surface area contributed by atoms with Crippen LogP contribution in [-0.4, -0.2) is 33.2 Å². The first kappa shape index (κ1) is 21.3. The van der Waals surface area contributed by atoms with Crippen molar-refractivity contribution in [3.63, 3.8) is 0 Å². The first-order valence-corrected chi connectivity index (χ1v) is 10.4. The maximum absolute atomic E-state index is 12.7. The Kier molecular flexibility index (Phi) is 6.30. The number of imide groups is 1. The van der Waals surface area contributed by atoms with E-state index in [1.807, 2.05) is 0 Å². The third kappa shape index (κ3) is 4.31. The number of nitrogens with zero attached hydrogens (tertiary/aromatic N) is 2. The maximum atomic E-state index is 12.7. The quantitative estimate of drug-likeness (QED) is 0.318. The number of ether oxygens (including phenoxy) is 1. The topological polar surface area (TPSA) is 110 Å². The lowest BCUT2D eigenvalue weighted by Crippen LogP contribution is -2.27. The molecular formula is C18H12Br2N2O6S. The summed E-state index contributed by atoms with van der Waals surface area (Å²) >= 11 is 7.38. The van der Waals surface area contributed by atoms with Crippen molar-refractivity contribution in [2.45, 2.75) is 6.54 Å². The van der Waals surface area contributed by atoms with Crippen LogP contribution in [0.25, 0.3) is 6.08 Å². The van der Waals surface area contributed by atoms with E-state index in [4.69, 9.17) is 4.74 Å². The average molecular weight is 544 g/mol. The van der Waals surface area contributed by atoms with Gasteiger partial charge in [-0.05, 0) is 66.9 Å². The van der Waals surface area contributed by atoms with Gasteiger partial charge in [0.1, 0.15) is 0 Å². The zero-order chi connectivity index (χ0) is 21.3. The van der Waals surface area contributed by atoms with Gasteiger partial charge in [0.25, 0.3) is 16.8 Å². The van der Waals surface area contributed by atoms with Crippen LogP contribution < -0.4 is 4.74 Å². The third-order valence-corrected chi connectivity index (χ3v) is 7.11. The lowest BCUT2D eigenvalue weighted by molar-refractivity contribution is -0.384. The van der Waals surface area contributed by atoms with Crippen molar-refractivity contribution in [3.05, 3.63) is 65.4 Å². The van der Waals surface area contributed by atoms with Crippen LogP contribution in [0.2, 0.25) is 0 Å². The van der Waals surface area contributed by atoms with E-state index in [1.54, 1.807) is 0 Å². The zero-order valence-electron chi connectivity index (χ0n) is 14.7. The van der Waals surface area contributed by atoms with Gasteiger partial charge in [-0.2, -0.15) is 0 Å². The highest BCUT2D eigenvalue weighted by Crippen LogP contribution is 2.43. The molecule has 1 N–H and O–H groups in total. The second-order valence-corrected chi connectivity index (χ2v) is 8.42. The fraction of sp³-hybridized carbons (Fsp3) is 0.111. The SMILES string of the molecule is COc1cc(/C=C2\SC(=O)N(Cc3ccc([N+](=O)[O-])cc3)C2=O)c(Br)c(Br)c1O. The smallest absolute Gasteiger partial charge is 0.293 e. The summed E-state index contributed by atoms with van der Waals surface area (Å²) in [5.74, 6) is -0.368. The number of carbonyl (C=O) groups excluding carboxylic acids is 2. The summed E-state index contributed by atoms with van der Waals surface area (Å²) in [5, 5.41) is 20.3. The molecule has 0 unspecified atom stereocenters. The van der Waals surface area contributed by atoms with E-state index in [-0.39, 0.29) is 28.6 Å². The maximum Gasteiger partial charge on any atom is 0.293 e. The molecule has 1 aliphatic rings. The molecule has 1 aliphatic heterocycles. The van der Waals surface area contributed by atoms with Crippen molar-refractivity contribution in [3.8, 4) is 11.5 Å². The number of hydrogen-bond acceptors (Lipinski definition) is 7. The van der Waals surface area contributed by atoms with Crippen LogP contribution in [0.3, 0.4) is 0 Å². The van der Waals surface area contributed by atoms with Gasteiger partial charge in [-0.25, -0.2) is 0 Å². The van der Waals surface area contributed by atoms with E-state index in [9.17, 15) is 24.8 Å². The minimum atomic E-state index is -0.519. The first-order valence-electron chi connectivity index (χ1n) is 7.96. The molecule has 1 fully saturated rings. The summed E-state index contributed by atoms with van der Waals surface area (Å²) in [7, 11) is 1.40. The number of methoxy groups -OCH3 is 1. The van der Waals surface area contributed by atoms with Crippen molar-refractivity contribution in [2.75, 3.05) is 7.11 Å². The molecule has 8 nitrogen and oxygen atoms in total. The van der Waals surface area contributed by atoms with Crippen LogP contribution in [0.4, 0.5) is 10.5 Å². The number of rotatable bonds is 5. The number of hydrogen-bond donors (Lipinski definition) is 1. The number of phenols is 1. The van der Waals surface area contributed by atoms with Crippen LogP contribution in [-0.2, 0) is 11.3 Å². The Morgan fingerprint density at radius 3 is 2.48 bits per heavy atom. The Morgan fingerprint density at radius 1 is 1.24 bits per heavy atom. The molecule has 29 heavy (non-hydrogen) atoms. The van der Waals surface area contributed by atoms with Gasteiger partial charge in [0.15, 0.2) is 11.5 Å². The van der Waals surface area contributed by atoms with Crippen molar-refractivity contribution in [1.82, 2.24) is 4.90 Å². The predicted molar refractivity (Wildman–Crippen MR) is 115 cm³/mol. The number of halogens is 2. The van der Waals surface area contributed by atoms with Crippen molar-refractivity contribution >= 4 is 66.5 Å². The summed E-state index contributed by atoms with van der Waals surface area (Å²) < 4.78 is 5.97. The molecule has 0 atom stereocenters. The van der Waals surface area contributed by atoms with Gasteiger partial charge in [-0.15, -0.1) is 0 Å². The molecule has 2 amide bonds. The molecular weight excluding hydrogens is 532 g/mol. The second kappa shape index (κ2) is 8.56. The van der Waals surface area contributed by atoms with Crippen LogP contribution in [0.15, 0.2) is 44.2 Å². The number of thioether (sulfide) groups is 1. The van der Waals surface area contributed by atoms with E-state index < -0.39 is 16.1 Å². The predicted octanol–water partition coefficient (Wildman–Crippen LogP) is 5.07. The largest absolute Gasteiger partial charge is 0.503 e. The molecule has 2 aromatic carbocycles. The van der Waals surface area contributed by atoms with Crippen LogP contribution in [0.5, 0.6) is 11.5 Å². The van der Waals surface area contributed by atoms with Crippen molar-refractivity contribution in [2.24, 2.45) is 0 Å². The minimum absolute atomic E-state index is 0.00373. The molecule has 0 aliphatic carbocycles. The molecule has 0 saturated carbocycles. The van der Waals surface area contributed by atoms with Gasteiger partial charge in [-0.1, -0.05) is 12.1 Å². The highest BCUT2D eigenvalue weighted by molar-refractivity contribution is 9.13. The molecule has 11 heteroatoms. The summed E-state index contributed by atoms with van der Waals surface area (Å²) in [6.45, 7) is 0.00373. The van der Waals surface area contributed by atoms with E-state index in [2.05, 4.69) is 31.9 Å². The highest BCUT2D eigenvalue weighted by Gasteiger charge is 2.35. The Labute approximate surface area is 185 Å². The number of benzene rings is 2. The number of aromatic hydroxyl groups is 1. The number of phenolic OH excluding ortho intramolecular Hbond substituents is 1. The Balaban J connectivity index is 1.87. The zero-order valence-corrected chi connectivity index (χ0v) is 18.7. The number of carbonyl (C=O) groups is 2. The highest BCUT2D eigenvalue weighted by atomic mass is 79.9. The molecule has 1 heterocycles. The van der Waals surface area contributed by atoms with E-state index in [0.29, 0.717) is 20.1 Å². The fourth-order valence-corrected chi connectivity index (χ4v) is 4.23. The number of non-ortho nitro benzene ring substituents is 1. The van der Waals surface area contributed by atoms with Crippen LogP contribution in [0, 0.1) is 10.1 Å². The molecule has 0 bridgehead atoms. The number of nitro benzene ring substituents is 1. The number of nitro groups is 1. The standard InChI is InChI=1S/C18H12Br2N2O6S/c1-28-12-6-10(14(19)15(20)16(12)23)7-13-17(24)21(18(25)29-13)8-9-2-4-11(5-3-9)22(26)27/h2-7,23H,8H2,1H3/b13-7-. The normalized spacial score (nSPS) is 15.3. The summed E-state index contributed by atoms with van der Waals surface area (Å²) in [4.78, 5) is 36.5.